The molecule has 0 aliphatic rings. The van der Waals surface area contributed by atoms with Crippen LogP contribution in [0.5, 0.6) is 0 Å². The summed E-state index contributed by atoms with van der Waals surface area (Å²) in [5, 5.41) is 3.55. The summed E-state index contributed by atoms with van der Waals surface area (Å²) in [6.07, 6.45) is 1.24. The average Bonchev–Trinajstić information content (AvgIpc) is 2.30. The summed E-state index contributed by atoms with van der Waals surface area (Å²) in [6.45, 7) is 7.63. The second kappa shape index (κ2) is 7.46. The van der Waals surface area contributed by atoms with Gasteiger partial charge in [-0.2, -0.15) is 0 Å². The molecule has 0 aromatic heterocycles. The van der Waals surface area contributed by atoms with E-state index in [4.69, 9.17) is 0 Å². The first-order valence-electron chi connectivity index (χ1n) is 6.55. The van der Waals surface area contributed by atoms with Gasteiger partial charge in [0.05, 0.1) is 0 Å². The number of hydrogen-bond acceptors (Lipinski definition) is 2. The predicted molar refractivity (Wildman–Crippen MR) is 75.0 cm³/mol. The minimum Gasteiger partial charge on any atom is -0.312 e. The molecular formula is C15H26N2. The Morgan fingerprint density at radius 3 is 2.41 bits per heavy atom. The molecule has 1 aromatic rings. The molecular weight excluding hydrogens is 208 g/mol. The molecule has 2 nitrogen and oxygen atoms in total. The molecule has 1 aromatic carbocycles. The molecule has 0 aliphatic carbocycles. The van der Waals surface area contributed by atoms with Gasteiger partial charge < -0.3 is 10.2 Å². The molecule has 1 rings (SSSR count). The maximum Gasteiger partial charge on any atom is 0.0230 e. The number of benzene rings is 1. The molecule has 0 fully saturated rings. The quantitative estimate of drug-likeness (QED) is 0.780. The summed E-state index contributed by atoms with van der Waals surface area (Å²) in [7, 11) is 4.23. The lowest BCUT2D eigenvalue weighted by Crippen LogP contribution is -2.22. The topological polar surface area (TPSA) is 15.3 Å². The van der Waals surface area contributed by atoms with E-state index in [9.17, 15) is 0 Å². The van der Waals surface area contributed by atoms with E-state index in [0.717, 1.165) is 25.6 Å². The van der Waals surface area contributed by atoms with Crippen LogP contribution in [-0.2, 0) is 13.1 Å². The van der Waals surface area contributed by atoms with E-state index in [1.165, 1.54) is 17.5 Å². The van der Waals surface area contributed by atoms with Gasteiger partial charge in [-0.1, -0.05) is 44.5 Å². The molecule has 0 saturated heterocycles. The first-order chi connectivity index (χ1) is 8.13. The fourth-order valence-corrected chi connectivity index (χ4v) is 1.82. The summed E-state index contributed by atoms with van der Waals surface area (Å²) in [5.41, 5.74) is 2.85. The fourth-order valence-electron chi connectivity index (χ4n) is 1.82. The second-order valence-corrected chi connectivity index (χ2v) is 5.15. The first kappa shape index (κ1) is 14.2. The maximum atomic E-state index is 3.55. The molecule has 96 valence electrons. The van der Waals surface area contributed by atoms with Crippen molar-refractivity contribution in [1.29, 1.82) is 0 Å². The Balaban J connectivity index is 2.51. The van der Waals surface area contributed by atoms with Crippen LogP contribution in [0, 0.1) is 5.92 Å². The van der Waals surface area contributed by atoms with Gasteiger partial charge in [-0.05, 0) is 37.7 Å². The van der Waals surface area contributed by atoms with Gasteiger partial charge >= 0.3 is 0 Å². The number of hydrogen-bond donors (Lipinski definition) is 1. The highest BCUT2D eigenvalue weighted by atomic mass is 15.0. The van der Waals surface area contributed by atoms with Crippen molar-refractivity contribution in [2.45, 2.75) is 33.4 Å². The van der Waals surface area contributed by atoms with Crippen LogP contribution in [0.15, 0.2) is 24.3 Å². The van der Waals surface area contributed by atoms with Crippen molar-refractivity contribution < 1.29 is 0 Å². The lowest BCUT2D eigenvalue weighted by atomic mass is 10.1. The highest BCUT2D eigenvalue weighted by molar-refractivity contribution is 5.26. The lowest BCUT2D eigenvalue weighted by molar-refractivity contribution is 0.399. The van der Waals surface area contributed by atoms with E-state index >= 15 is 0 Å². The van der Waals surface area contributed by atoms with Gasteiger partial charge in [0.2, 0.25) is 0 Å². The molecule has 2 heteroatoms. The van der Waals surface area contributed by atoms with Crippen LogP contribution in [0.1, 0.15) is 31.4 Å². The highest BCUT2D eigenvalue weighted by Crippen LogP contribution is 2.10. The summed E-state index contributed by atoms with van der Waals surface area (Å²) >= 11 is 0. The van der Waals surface area contributed by atoms with Crippen molar-refractivity contribution in [2.24, 2.45) is 5.92 Å². The SMILES string of the molecule is CCC(C)CNCc1ccccc1CN(C)C. The van der Waals surface area contributed by atoms with Crippen molar-refractivity contribution in [3.05, 3.63) is 35.4 Å². The minimum absolute atomic E-state index is 0.760. The second-order valence-electron chi connectivity index (χ2n) is 5.15. The van der Waals surface area contributed by atoms with Crippen LogP contribution in [0.2, 0.25) is 0 Å². The lowest BCUT2D eigenvalue weighted by Gasteiger charge is -2.15. The van der Waals surface area contributed by atoms with E-state index in [1.54, 1.807) is 0 Å². The Kier molecular flexibility index (Phi) is 6.23. The molecule has 0 aliphatic heterocycles. The fraction of sp³-hybridized carbons (Fsp3) is 0.600. The molecule has 0 bridgehead atoms. The molecule has 1 N–H and O–H groups in total. The van der Waals surface area contributed by atoms with E-state index in [2.05, 4.69) is 62.4 Å². The van der Waals surface area contributed by atoms with Gasteiger partial charge in [0.1, 0.15) is 0 Å². The van der Waals surface area contributed by atoms with E-state index in [0.29, 0.717) is 0 Å². The van der Waals surface area contributed by atoms with Crippen LogP contribution in [0.4, 0.5) is 0 Å². The normalized spacial score (nSPS) is 13.0. The summed E-state index contributed by atoms with van der Waals surface area (Å²) in [4.78, 5) is 2.22. The third-order valence-corrected chi connectivity index (χ3v) is 3.11. The highest BCUT2D eigenvalue weighted by Gasteiger charge is 2.03. The van der Waals surface area contributed by atoms with Gasteiger partial charge in [-0.3, -0.25) is 0 Å². The van der Waals surface area contributed by atoms with Crippen molar-refractivity contribution >= 4 is 0 Å². The molecule has 0 heterocycles. The van der Waals surface area contributed by atoms with Crippen LogP contribution >= 0.6 is 0 Å². The van der Waals surface area contributed by atoms with Gasteiger partial charge in [-0.15, -0.1) is 0 Å². The van der Waals surface area contributed by atoms with Gasteiger partial charge in [-0.25, -0.2) is 0 Å². The maximum absolute atomic E-state index is 3.55. The van der Waals surface area contributed by atoms with Crippen LogP contribution in [0.25, 0.3) is 0 Å². The molecule has 0 spiro atoms. The zero-order valence-electron chi connectivity index (χ0n) is 11.7. The molecule has 0 amide bonds. The van der Waals surface area contributed by atoms with Crippen molar-refractivity contribution in [1.82, 2.24) is 10.2 Å². The van der Waals surface area contributed by atoms with Gasteiger partial charge in [0, 0.05) is 13.1 Å². The third kappa shape index (κ3) is 5.33. The summed E-state index contributed by atoms with van der Waals surface area (Å²) < 4.78 is 0. The first-order valence-corrected chi connectivity index (χ1v) is 6.55. The Bertz CT molecular complexity index is 320. The standard InChI is InChI=1S/C15H26N2/c1-5-13(2)10-16-11-14-8-6-7-9-15(14)12-17(3)4/h6-9,13,16H,5,10-12H2,1-4H3. The summed E-state index contributed by atoms with van der Waals surface area (Å²) in [6, 6.07) is 8.69. The number of nitrogens with one attached hydrogen (secondary N) is 1. The Morgan fingerprint density at radius 2 is 1.82 bits per heavy atom. The Hall–Kier alpha value is -0.860. The van der Waals surface area contributed by atoms with E-state index in [1.807, 2.05) is 0 Å². The predicted octanol–water partition coefficient (Wildman–Crippen LogP) is 2.88. The smallest absolute Gasteiger partial charge is 0.0230 e. The molecule has 0 saturated carbocycles. The molecule has 1 atom stereocenters. The third-order valence-electron chi connectivity index (χ3n) is 3.11. The average molecular weight is 234 g/mol. The van der Waals surface area contributed by atoms with Crippen molar-refractivity contribution in [2.75, 3.05) is 20.6 Å². The zero-order chi connectivity index (χ0) is 12.7. The number of rotatable bonds is 7. The van der Waals surface area contributed by atoms with Crippen LogP contribution in [0.3, 0.4) is 0 Å². The van der Waals surface area contributed by atoms with Crippen LogP contribution < -0.4 is 5.32 Å². The Morgan fingerprint density at radius 1 is 1.18 bits per heavy atom. The largest absolute Gasteiger partial charge is 0.312 e. The zero-order valence-corrected chi connectivity index (χ0v) is 11.7. The van der Waals surface area contributed by atoms with Crippen molar-refractivity contribution in [3.8, 4) is 0 Å². The molecule has 17 heavy (non-hydrogen) atoms. The number of nitrogens with zero attached hydrogens (tertiary/aromatic N) is 1. The monoisotopic (exact) mass is 234 g/mol. The molecule has 0 radical (unpaired) electrons. The summed E-state index contributed by atoms with van der Waals surface area (Å²) in [5.74, 6) is 0.760. The van der Waals surface area contributed by atoms with E-state index < -0.39 is 0 Å². The Labute approximate surface area is 106 Å². The van der Waals surface area contributed by atoms with E-state index in [-0.39, 0.29) is 0 Å². The van der Waals surface area contributed by atoms with Crippen molar-refractivity contribution in [3.63, 3.8) is 0 Å². The van der Waals surface area contributed by atoms with Gasteiger partial charge in [0.15, 0.2) is 0 Å². The minimum atomic E-state index is 0.760. The van der Waals surface area contributed by atoms with Gasteiger partial charge in [0.25, 0.3) is 0 Å². The molecule has 1 unspecified atom stereocenters. The van der Waals surface area contributed by atoms with Crippen LogP contribution in [-0.4, -0.2) is 25.5 Å².